The summed E-state index contributed by atoms with van der Waals surface area (Å²) in [5, 5.41) is 4.99. The number of carbonyl (C=O) groups excluding carboxylic acids is 1. The Morgan fingerprint density at radius 2 is 1.54 bits per heavy atom. The molecule has 0 bridgehead atoms. The second-order valence-electron chi connectivity index (χ2n) is 5.22. The van der Waals surface area contributed by atoms with Crippen molar-refractivity contribution in [3.05, 3.63) is 53.3 Å². The van der Waals surface area contributed by atoms with E-state index in [1.54, 1.807) is 0 Å². The normalized spacial score (nSPS) is 15.2. The summed E-state index contributed by atoms with van der Waals surface area (Å²) < 4.78 is 35.8. The summed E-state index contributed by atoms with van der Waals surface area (Å²) in [5.41, 5.74) is 1.04. The van der Waals surface area contributed by atoms with Gasteiger partial charge in [-0.15, -0.1) is 0 Å². The van der Waals surface area contributed by atoms with Crippen LogP contribution < -0.4 is 14.9 Å². The van der Waals surface area contributed by atoms with Crippen molar-refractivity contribution in [3.63, 3.8) is 0 Å². The van der Waals surface area contributed by atoms with Crippen molar-refractivity contribution in [3.8, 4) is 0 Å². The Morgan fingerprint density at radius 1 is 1.00 bits per heavy atom. The molecule has 2 amide bonds. The summed E-state index contributed by atoms with van der Waals surface area (Å²) in [6.45, 7) is 0.806. The van der Waals surface area contributed by atoms with Crippen LogP contribution in [0.2, 0.25) is 5.02 Å². The molecule has 0 atom stereocenters. The molecule has 1 aliphatic rings. The average molecular weight is 370 g/mol. The molecule has 126 valence electrons. The molecule has 3 rings (SSSR count). The molecular weight excluding hydrogens is 357 g/mol. The molecule has 1 saturated heterocycles. The van der Waals surface area contributed by atoms with Gasteiger partial charge in [0.2, 0.25) is 10.0 Å². The maximum Gasteiger partial charge on any atom is 0.329 e. The molecule has 6 nitrogen and oxygen atoms in total. The zero-order valence-corrected chi connectivity index (χ0v) is 13.9. The summed E-state index contributed by atoms with van der Waals surface area (Å²) in [7, 11) is -3.78. The van der Waals surface area contributed by atoms with E-state index < -0.39 is 15.8 Å². The second-order valence-corrected chi connectivity index (χ2v) is 7.19. The van der Waals surface area contributed by atoms with E-state index in [0.717, 1.165) is 0 Å². The molecule has 2 aromatic carbocycles. The van der Waals surface area contributed by atoms with E-state index in [1.165, 1.54) is 52.3 Å². The molecule has 0 radical (unpaired) electrons. The Morgan fingerprint density at radius 3 is 2.08 bits per heavy atom. The Bertz CT molecular complexity index is 903. The number of carbonyl (C=O) groups is 1. The predicted octanol–water partition coefficient (Wildman–Crippen LogP) is 2.57. The number of sulfonamides is 1. The van der Waals surface area contributed by atoms with Crippen LogP contribution in [0.25, 0.3) is 0 Å². The molecule has 1 heterocycles. The maximum atomic E-state index is 13.3. The minimum Gasteiger partial charge on any atom is -0.292 e. The zero-order valence-electron chi connectivity index (χ0n) is 12.3. The number of rotatable bonds is 3. The Hall–Kier alpha value is -2.16. The first kappa shape index (κ1) is 16.7. The van der Waals surface area contributed by atoms with Gasteiger partial charge in [0.05, 0.1) is 9.92 Å². The number of primary sulfonamides is 1. The van der Waals surface area contributed by atoms with Gasteiger partial charge in [0.1, 0.15) is 5.82 Å². The standard InChI is InChI=1S/C15H13ClFN3O3S/c16-13-9-11(3-6-14(13)17)20-8-7-19(15(20)21)10-1-4-12(5-2-10)24(18,22)23/h1-6,9H,7-8H2,(H2,18,22,23). The average Bonchev–Trinajstić information content (AvgIpc) is 2.91. The highest BCUT2D eigenvalue weighted by Crippen LogP contribution is 2.28. The molecule has 0 unspecified atom stereocenters. The molecule has 2 N–H and O–H groups in total. The largest absolute Gasteiger partial charge is 0.329 e. The third kappa shape index (κ3) is 3.08. The van der Waals surface area contributed by atoms with Crippen LogP contribution in [0.5, 0.6) is 0 Å². The van der Waals surface area contributed by atoms with Gasteiger partial charge in [-0.2, -0.15) is 0 Å². The number of hydrogen-bond acceptors (Lipinski definition) is 3. The summed E-state index contributed by atoms with van der Waals surface area (Å²) >= 11 is 5.76. The van der Waals surface area contributed by atoms with Crippen molar-refractivity contribution < 1.29 is 17.6 Å². The minimum atomic E-state index is -3.78. The number of halogens is 2. The quantitative estimate of drug-likeness (QED) is 0.902. The van der Waals surface area contributed by atoms with Gasteiger partial charge in [-0.05, 0) is 42.5 Å². The number of hydrogen-bond donors (Lipinski definition) is 1. The monoisotopic (exact) mass is 369 g/mol. The molecule has 1 aliphatic heterocycles. The molecule has 0 aromatic heterocycles. The van der Waals surface area contributed by atoms with Gasteiger partial charge in [0.25, 0.3) is 0 Å². The van der Waals surface area contributed by atoms with Crippen LogP contribution in [-0.2, 0) is 10.0 Å². The van der Waals surface area contributed by atoms with E-state index in [1.807, 2.05) is 0 Å². The van der Waals surface area contributed by atoms with E-state index in [4.69, 9.17) is 16.7 Å². The highest BCUT2D eigenvalue weighted by molar-refractivity contribution is 7.89. The van der Waals surface area contributed by atoms with Crippen LogP contribution in [0.15, 0.2) is 47.4 Å². The topological polar surface area (TPSA) is 83.7 Å². The smallest absolute Gasteiger partial charge is 0.292 e. The summed E-state index contributed by atoms with van der Waals surface area (Å²) in [6.07, 6.45) is 0. The third-order valence-electron chi connectivity index (χ3n) is 3.70. The summed E-state index contributed by atoms with van der Waals surface area (Å²) in [4.78, 5) is 15.5. The maximum absolute atomic E-state index is 13.3. The number of benzene rings is 2. The summed E-state index contributed by atoms with van der Waals surface area (Å²) in [5.74, 6) is -0.553. The fraction of sp³-hybridized carbons (Fsp3) is 0.133. The van der Waals surface area contributed by atoms with Crippen LogP contribution in [0.1, 0.15) is 0 Å². The highest BCUT2D eigenvalue weighted by atomic mass is 35.5. The molecule has 2 aromatic rings. The first-order valence-corrected chi connectivity index (χ1v) is 8.87. The minimum absolute atomic E-state index is 0.0277. The van der Waals surface area contributed by atoms with E-state index in [9.17, 15) is 17.6 Å². The second kappa shape index (κ2) is 6.04. The number of anilines is 2. The molecule has 1 fully saturated rings. The van der Waals surface area contributed by atoms with Gasteiger partial charge in [-0.25, -0.2) is 22.7 Å². The van der Waals surface area contributed by atoms with E-state index in [0.29, 0.717) is 24.5 Å². The van der Waals surface area contributed by atoms with Gasteiger partial charge in [-0.1, -0.05) is 11.6 Å². The van der Waals surface area contributed by atoms with Crippen molar-refractivity contribution >= 4 is 39.0 Å². The highest BCUT2D eigenvalue weighted by Gasteiger charge is 2.31. The van der Waals surface area contributed by atoms with Crippen molar-refractivity contribution in [1.29, 1.82) is 0 Å². The predicted molar refractivity (Wildman–Crippen MR) is 89.3 cm³/mol. The van der Waals surface area contributed by atoms with Crippen molar-refractivity contribution in [2.24, 2.45) is 5.14 Å². The van der Waals surface area contributed by atoms with Crippen molar-refractivity contribution in [2.45, 2.75) is 4.90 Å². The molecular formula is C15H13ClFN3O3S. The van der Waals surface area contributed by atoms with E-state index in [-0.39, 0.29) is 15.9 Å². The number of nitrogens with two attached hydrogens (primary N) is 1. The van der Waals surface area contributed by atoms with Crippen LogP contribution >= 0.6 is 11.6 Å². The van der Waals surface area contributed by atoms with Gasteiger partial charge in [-0.3, -0.25) is 9.80 Å². The first-order chi connectivity index (χ1) is 11.3. The lowest BCUT2D eigenvalue weighted by Crippen LogP contribution is -2.31. The molecule has 0 spiro atoms. The Kier molecular flexibility index (Phi) is 4.20. The van der Waals surface area contributed by atoms with Gasteiger partial charge in [0.15, 0.2) is 0 Å². The van der Waals surface area contributed by atoms with Crippen LogP contribution in [-0.4, -0.2) is 27.5 Å². The fourth-order valence-corrected chi connectivity index (χ4v) is 3.17. The van der Waals surface area contributed by atoms with Crippen LogP contribution in [0.3, 0.4) is 0 Å². The van der Waals surface area contributed by atoms with Crippen LogP contribution in [0, 0.1) is 5.82 Å². The molecule has 24 heavy (non-hydrogen) atoms. The third-order valence-corrected chi connectivity index (χ3v) is 4.92. The summed E-state index contributed by atoms with van der Waals surface area (Å²) in [6, 6.07) is 9.48. The fourth-order valence-electron chi connectivity index (χ4n) is 2.48. The number of urea groups is 1. The Labute approximate surface area is 143 Å². The lowest BCUT2D eigenvalue weighted by Gasteiger charge is -2.19. The lowest BCUT2D eigenvalue weighted by molar-refractivity contribution is 0.256. The zero-order chi connectivity index (χ0) is 17.5. The number of nitrogens with zero attached hydrogens (tertiary/aromatic N) is 2. The molecule has 9 heteroatoms. The van der Waals surface area contributed by atoms with Crippen LogP contribution in [0.4, 0.5) is 20.6 Å². The Balaban J connectivity index is 1.84. The van der Waals surface area contributed by atoms with Gasteiger partial charge < -0.3 is 0 Å². The van der Waals surface area contributed by atoms with E-state index in [2.05, 4.69) is 0 Å². The van der Waals surface area contributed by atoms with Crippen molar-refractivity contribution in [1.82, 2.24) is 0 Å². The lowest BCUT2D eigenvalue weighted by atomic mass is 10.3. The molecule has 0 saturated carbocycles. The SMILES string of the molecule is NS(=O)(=O)c1ccc(N2CCN(c3ccc(F)c(Cl)c3)C2=O)cc1. The van der Waals surface area contributed by atoms with Gasteiger partial charge >= 0.3 is 6.03 Å². The van der Waals surface area contributed by atoms with E-state index >= 15 is 0 Å². The first-order valence-electron chi connectivity index (χ1n) is 6.94. The van der Waals surface area contributed by atoms with Gasteiger partial charge in [0, 0.05) is 24.5 Å². The van der Waals surface area contributed by atoms with Crippen molar-refractivity contribution in [2.75, 3.05) is 22.9 Å². The molecule has 0 aliphatic carbocycles. The number of amides is 2.